The lowest BCUT2D eigenvalue weighted by atomic mass is 10.1. The molecule has 3 N–H and O–H groups in total. The van der Waals surface area contributed by atoms with E-state index in [1.54, 1.807) is 0 Å². The summed E-state index contributed by atoms with van der Waals surface area (Å²) in [5.74, 6) is 8.17. The molecule has 1 aromatic heterocycles. The number of hydrogen-bond donors (Lipinski definition) is 2. The minimum absolute atomic E-state index is 0.294. The van der Waals surface area contributed by atoms with Gasteiger partial charge in [-0.2, -0.15) is 0 Å². The monoisotopic (exact) mass is 293 g/mol. The maximum absolute atomic E-state index is 5.78. The van der Waals surface area contributed by atoms with E-state index in [-0.39, 0.29) is 0 Å². The van der Waals surface area contributed by atoms with Gasteiger partial charge in [0.1, 0.15) is 17.5 Å². The molecule has 0 radical (unpaired) electrons. The van der Waals surface area contributed by atoms with Crippen LogP contribution in [0.1, 0.15) is 44.5 Å². The number of ether oxygens (including phenoxy) is 1. The second-order valence-corrected chi connectivity index (χ2v) is 5.50. The van der Waals surface area contributed by atoms with Gasteiger partial charge < -0.3 is 15.1 Å². The molecule has 0 saturated carbocycles. The van der Waals surface area contributed by atoms with E-state index in [4.69, 9.17) is 15.6 Å². The van der Waals surface area contributed by atoms with Gasteiger partial charge >= 0.3 is 0 Å². The first-order valence-corrected chi connectivity index (χ1v) is 7.90. The summed E-state index contributed by atoms with van der Waals surface area (Å²) in [7, 11) is 0. The molecule has 0 amide bonds. The molecular formula is C15H27N5O. The van der Waals surface area contributed by atoms with Crippen molar-refractivity contribution >= 4 is 11.6 Å². The molecule has 0 aromatic carbocycles. The highest BCUT2D eigenvalue weighted by Crippen LogP contribution is 2.27. The van der Waals surface area contributed by atoms with Crippen molar-refractivity contribution in [1.29, 1.82) is 0 Å². The first-order chi connectivity index (χ1) is 10.2. The lowest BCUT2D eigenvalue weighted by Gasteiger charge is -2.34. The molecule has 6 nitrogen and oxygen atoms in total. The summed E-state index contributed by atoms with van der Waals surface area (Å²) < 4.78 is 5.78. The molecule has 1 atom stereocenters. The van der Waals surface area contributed by atoms with Crippen LogP contribution in [0.3, 0.4) is 0 Å². The predicted molar refractivity (Wildman–Crippen MR) is 85.4 cm³/mol. The molecule has 21 heavy (non-hydrogen) atoms. The number of nitrogens with two attached hydrogens (primary N) is 1. The van der Waals surface area contributed by atoms with E-state index in [0.29, 0.717) is 6.10 Å². The van der Waals surface area contributed by atoms with E-state index >= 15 is 0 Å². The zero-order valence-corrected chi connectivity index (χ0v) is 13.4. The molecule has 118 valence electrons. The maximum Gasteiger partial charge on any atom is 0.148 e. The average Bonchev–Trinajstić information content (AvgIpc) is 2.49. The van der Waals surface area contributed by atoms with Crippen LogP contribution in [0.25, 0.3) is 0 Å². The Morgan fingerprint density at radius 1 is 1.38 bits per heavy atom. The highest BCUT2D eigenvalue weighted by atomic mass is 16.5. The van der Waals surface area contributed by atoms with Crippen LogP contribution >= 0.6 is 0 Å². The Kier molecular flexibility index (Phi) is 5.76. The second kappa shape index (κ2) is 7.56. The number of anilines is 2. The lowest BCUT2D eigenvalue weighted by Crippen LogP contribution is -2.40. The highest BCUT2D eigenvalue weighted by molar-refractivity contribution is 5.58. The molecule has 6 heteroatoms. The summed E-state index contributed by atoms with van der Waals surface area (Å²) in [5.41, 5.74) is 3.71. The van der Waals surface area contributed by atoms with Crippen LogP contribution in [-0.4, -0.2) is 35.8 Å². The van der Waals surface area contributed by atoms with Crippen LogP contribution in [0.5, 0.6) is 0 Å². The van der Waals surface area contributed by atoms with E-state index in [1.165, 1.54) is 0 Å². The minimum Gasteiger partial charge on any atom is -0.377 e. The van der Waals surface area contributed by atoms with Crippen molar-refractivity contribution in [1.82, 2.24) is 9.97 Å². The molecule has 1 aromatic rings. The van der Waals surface area contributed by atoms with Gasteiger partial charge in [-0.3, -0.25) is 0 Å². The molecule has 0 aliphatic carbocycles. The largest absolute Gasteiger partial charge is 0.377 e. The van der Waals surface area contributed by atoms with E-state index in [2.05, 4.69) is 22.2 Å². The normalized spacial score (nSPS) is 18.9. The molecule has 1 fully saturated rings. The topological polar surface area (TPSA) is 76.3 Å². The Bertz CT molecular complexity index is 464. The number of nitrogens with zero attached hydrogens (tertiary/aromatic N) is 3. The van der Waals surface area contributed by atoms with Gasteiger partial charge in [-0.15, -0.1) is 0 Å². The standard InChI is InChI=1S/C15H27N5O/c1-4-7-13-17-14(19-16)11(3)15(18-13)20-9-6-8-12(10-20)21-5-2/h12H,4-10,16H2,1-3H3,(H,17,18,19). The fraction of sp³-hybridized carbons (Fsp3) is 0.733. The third-order valence-electron chi connectivity index (χ3n) is 3.86. The van der Waals surface area contributed by atoms with Crippen molar-refractivity contribution in [2.24, 2.45) is 5.84 Å². The summed E-state index contributed by atoms with van der Waals surface area (Å²) >= 11 is 0. The summed E-state index contributed by atoms with van der Waals surface area (Å²) in [6.45, 7) is 8.86. The van der Waals surface area contributed by atoms with Gasteiger partial charge in [-0.05, 0) is 33.1 Å². The Balaban J connectivity index is 2.26. The smallest absolute Gasteiger partial charge is 0.148 e. The van der Waals surface area contributed by atoms with Crippen molar-refractivity contribution in [3.05, 3.63) is 11.4 Å². The Morgan fingerprint density at radius 3 is 2.86 bits per heavy atom. The summed E-state index contributed by atoms with van der Waals surface area (Å²) in [5, 5.41) is 0. The first-order valence-electron chi connectivity index (χ1n) is 7.90. The molecule has 1 aliphatic heterocycles. The summed E-state index contributed by atoms with van der Waals surface area (Å²) in [6.07, 6.45) is 4.43. The third-order valence-corrected chi connectivity index (χ3v) is 3.86. The fourth-order valence-electron chi connectivity index (χ4n) is 2.84. The number of aryl methyl sites for hydroxylation is 1. The Morgan fingerprint density at radius 2 is 2.19 bits per heavy atom. The van der Waals surface area contributed by atoms with Gasteiger partial charge in [-0.1, -0.05) is 6.92 Å². The van der Waals surface area contributed by atoms with Gasteiger partial charge in [0, 0.05) is 31.7 Å². The van der Waals surface area contributed by atoms with Gasteiger partial charge in [0.15, 0.2) is 0 Å². The Hall–Kier alpha value is -1.40. The predicted octanol–water partition coefficient (Wildman–Crippen LogP) is 2.03. The van der Waals surface area contributed by atoms with Crippen LogP contribution in [0.2, 0.25) is 0 Å². The average molecular weight is 293 g/mol. The van der Waals surface area contributed by atoms with Crippen molar-refractivity contribution < 1.29 is 4.74 Å². The zero-order valence-electron chi connectivity index (χ0n) is 13.4. The van der Waals surface area contributed by atoms with Crippen LogP contribution in [0.15, 0.2) is 0 Å². The minimum atomic E-state index is 0.294. The number of nitrogen functional groups attached to an aromatic ring is 1. The van der Waals surface area contributed by atoms with Crippen molar-refractivity contribution in [3.8, 4) is 0 Å². The van der Waals surface area contributed by atoms with Crippen molar-refractivity contribution in [2.45, 2.75) is 52.6 Å². The Labute approximate surface area is 127 Å². The molecule has 2 heterocycles. The molecule has 1 saturated heterocycles. The summed E-state index contributed by atoms with van der Waals surface area (Å²) in [4.78, 5) is 11.5. The molecule has 2 rings (SSSR count). The highest BCUT2D eigenvalue weighted by Gasteiger charge is 2.24. The number of hydrazine groups is 1. The van der Waals surface area contributed by atoms with Crippen LogP contribution in [0, 0.1) is 6.92 Å². The van der Waals surface area contributed by atoms with Crippen LogP contribution in [0.4, 0.5) is 11.6 Å². The van der Waals surface area contributed by atoms with Gasteiger partial charge in [0.05, 0.1) is 6.10 Å². The van der Waals surface area contributed by atoms with E-state index in [1.807, 2.05) is 13.8 Å². The zero-order chi connectivity index (χ0) is 15.2. The van der Waals surface area contributed by atoms with E-state index < -0.39 is 0 Å². The maximum atomic E-state index is 5.78. The number of hydrogen-bond acceptors (Lipinski definition) is 6. The molecule has 0 bridgehead atoms. The van der Waals surface area contributed by atoms with Gasteiger partial charge in [0.2, 0.25) is 0 Å². The molecule has 0 spiro atoms. The lowest BCUT2D eigenvalue weighted by molar-refractivity contribution is 0.0525. The molecule has 1 unspecified atom stereocenters. The first kappa shape index (κ1) is 16.0. The third kappa shape index (κ3) is 3.83. The quantitative estimate of drug-likeness (QED) is 0.617. The number of piperidine rings is 1. The van der Waals surface area contributed by atoms with Crippen molar-refractivity contribution in [3.63, 3.8) is 0 Å². The van der Waals surface area contributed by atoms with Crippen molar-refractivity contribution in [2.75, 3.05) is 30.0 Å². The second-order valence-electron chi connectivity index (χ2n) is 5.50. The number of rotatable bonds is 6. The van der Waals surface area contributed by atoms with E-state index in [9.17, 15) is 0 Å². The SMILES string of the molecule is CCCc1nc(NN)c(C)c(N2CCCC(OCC)C2)n1. The number of aromatic nitrogens is 2. The van der Waals surface area contributed by atoms with Gasteiger partial charge in [-0.25, -0.2) is 15.8 Å². The molecule has 1 aliphatic rings. The molecular weight excluding hydrogens is 266 g/mol. The fourth-order valence-corrected chi connectivity index (χ4v) is 2.84. The summed E-state index contributed by atoms with van der Waals surface area (Å²) in [6, 6.07) is 0. The van der Waals surface area contributed by atoms with Gasteiger partial charge in [0.25, 0.3) is 0 Å². The van der Waals surface area contributed by atoms with E-state index in [0.717, 1.165) is 68.4 Å². The number of nitrogens with one attached hydrogen (secondary N) is 1. The van der Waals surface area contributed by atoms with Crippen LogP contribution < -0.4 is 16.2 Å². The van der Waals surface area contributed by atoms with Crippen LogP contribution in [-0.2, 0) is 11.2 Å².